The highest BCUT2D eigenvalue weighted by Crippen LogP contribution is 2.52. The van der Waals surface area contributed by atoms with E-state index in [9.17, 15) is 9.59 Å². The summed E-state index contributed by atoms with van der Waals surface area (Å²) in [4.78, 5) is 39.2. The molecule has 1 aliphatic carbocycles. The highest BCUT2D eigenvalue weighted by atomic mass is 32.2. The lowest BCUT2D eigenvalue weighted by molar-refractivity contribution is -0.127. The van der Waals surface area contributed by atoms with Gasteiger partial charge in [0.2, 0.25) is 5.91 Å². The van der Waals surface area contributed by atoms with E-state index in [0.717, 1.165) is 19.4 Å². The summed E-state index contributed by atoms with van der Waals surface area (Å²) in [5, 5.41) is 3.11. The summed E-state index contributed by atoms with van der Waals surface area (Å²) in [5.41, 5.74) is 1.65. The first-order valence-electron chi connectivity index (χ1n) is 8.26. The van der Waals surface area contributed by atoms with Crippen molar-refractivity contribution in [1.29, 1.82) is 0 Å². The third-order valence-corrected chi connectivity index (χ3v) is 5.59. The first-order valence-corrected chi connectivity index (χ1v) is 9.65. The van der Waals surface area contributed by atoms with Crippen LogP contribution in [0.5, 0.6) is 0 Å². The fourth-order valence-corrected chi connectivity index (χ4v) is 3.89. The van der Waals surface area contributed by atoms with Crippen molar-refractivity contribution < 1.29 is 9.59 Å². The molecule has 7 nitrogen and oxygen atoms in total. The molecule has 0 aromatic carbocycles. The minimum atomic E-state index is -0.171. The van der Waals surface area contributed by atoms with Crippen molar-refractivity contribution in [2.24, 2.45) is 5.41 Å². The van der Waals surface area contributed by atoms with Gasteiger partial charge in [0.1, 0.15) is 5.52 Å². The summed E-state index contributed by atoms with van der Waals surface area (Å²) in [5.74, 6) is 0.470. The van der Waals surface area contributed by atoms with E-state index in [4.69, 9.17) is 0 Å². The summed E-state index contributed by atoms with van der Waals surface area (Å²) in [6.07, 6.45) is 8.72. The van der Waals surface area contributed by atoms with Gasteiger partial charge in [-0.2, -0.15) is 11.8 Å². The summed E-state index contributed by atoms with van der Waals surface area (Å²) in [6, 6.07) is 1.71. The summed E-state index contributed by atoms with van der Waals surface area (Å²) >= 11 is 1.53. The van der Waals surface area contributed by atoms with Crippen LogP contribution in [-0.2, 0) is 4.79 Å². The van der Waals surface area contributed by atoms with Gasteiger partial charge < -0.3 is 10.2 Å². The second-order valence-electron chi connectivity index (χ2n) is 6.72. The lowest BCUT2D eigenvalue weighted by atomic mass is 10.0. The average Bonchev–Trinajstić information content (AvgIpc) is 3.31. The molecule has 2 aliphatic rings. The Morgan fingerprint density at radius 2 is 2.12 bits per heavy atom. The number of hydrogen-bond donors (Lipinski definition) is 1. The SMILES string of the molecule is CSCC(=O)N1CC(NC(=O)c2cnc3nccnc3c2)C2(CC2)C1. The van der Waals surface area contributed by atoms with Crippen LogP contribution in [0.2, 0.25) is 0 Å². The van der Waals surface area contributed by atoms with Gasteiger partial charge in [-0.25, -0.2) is 9.97 Å². The van der Waals surface area contributed by atoms with Crippen LogP contribution < -0.4 is 5.32 Å². The average molecular weight is 357 g/mol. The highest BCUT2D eigenvalue weighted by molar-refractivity contribution is 7.99. The van der Waals surface area contributed by atoms with E-state index < -0.39 is 0 Å². The molecule has 3 heterocycles. The molecule has 2 fully saturated rings. The van der Waals surface area contributed by atoms with E-state index in [1.807, 2.05) is 11.2 Å². The Bertz CT molecular complexity index is 839. The van der Waals surface area contributed by atoms with Crippen LogP contribution in [-0.4, -0.2) is 62.8 Å². The molecule has 1 atom stereocenters. The Labute approximate surface area is 149 Å². The van der Waals surface area contributed by atoms with Crippen LogP contribution in [0, 0.1) is 5.41 Å². The maximum Gasteiger partial charge on any atom is 0.253 e. The molecular weight excluding hydrogens is 338 g/mol. The third kappa shape index (κ3) is 3.06. The zero-order valence-electron chi connectivity index (χ0n) is 13.9. The molecule has 25 heavy (non-hydrogen) atoms. The van der Waals surface area contributed by atoms with Gasteiger partial charge in [0.25, 0.3) is 5.91 Å². The van der Waals surface area contributed by atoms with E-state index in [1.165, 1.54) is 18.0 Å². The van der Waals surface area contributed by atoms with Crippen LogP contribution in [0.1, 0.15) is 23.2 Å². The molecule has 2 aromatic heterocycles. The number of thioether (sulfide) groups is 1. The first-order chi connectivity index (χ1) is 12.1. The second kappa shape index (κ2) is 6.25. The Morgan fingerprint density at radius 1 is 1.32 bits per heavy atom. The van der Waals surface area contributed by atoms with Crippen molar-refractivity contribution in [3.05, 3.63) is 30.2 Å². The molecular formula is C17H19N5O2S. The van der Waals surface area contributed by atoms with E-state index in [-0.39, 0.29) is 23.3 Å². The summed E-state index contributed by atoms with van der Waals surface area (Å²) in [7, 11) is 0. The van der Waals surface area contributed by atoms with Gasteiger partial charge in [-0.15, -0.1) is 0 Å². The van der Waals surface area contributed by atoms with Crippen molar-refractivity contribution in [1.82, 2.24) is 25.2 Å². The number of carbonyl (C=O) groups is 2. The molecule has 8 heteroatoms. The van der Waals surface area contributed by atoms with Crippen LogP contribution in [0.25, 0.3) is 11.2 Å². The molecule has 0 bridgehead atoms. The van der Waals surface area contributed by atoms with E-state index in [2.05, 4.69) is 20.3 Å². The normalized spacial score (nSPS) is 20.8. The zero-order valence-corrected chi connectivity index (χ0v) is 14.8. The Morgan fingerprint density at radius 3 is 2.88 bits per heavy atom. The predicted octanol–water partition coefficient (Wildman–Crippen LogP) is 1.11. The first kappa shape index (κ1) is 16.3. The zero-order chi connectivity index (χ0) is 17.4. The number of amides is 2. The van der Waals surface area contributed by atoms with Gasteiger partial charge in [0.15, 0.2) is 5.65 Å². The lowest BCUT2D eigenvalue weighted by Gasteiger charge is -2.18. The van der Waals surface area contributed by atoms with Crippen molar-refractivity contribution in [3.8, 4) is 0 Å². The van der Waals surface area contributed by atoms with E-state index in [1.54, 1.807) is 18.5 Å². The van der Waals surface area contributed by atoms with Crippen molar-refractivity contribution in [2.45, 2.75) is 18.9 Å². The molecule has 0 radical (unpaired) electrons. The summed E-state index contributed by atoms with van der Waals surface area (Å²) < 4.78 is 0. The fraction of sp³-hybridized carbons (Fsp3) is 0.471. The molecule has 2 amide bonds. The summed E-state index contributed by atoms with van der Waals surface area (Å²) in [6.45, 7) is 1.34. The molecule has 1 spiro atoms. The van der Waals surface area contributed by atoms with Crippen LogP contribution in [0.4, 0.5) is 0 Å². The number of pyridine rings is 1. The molecule has 4 rings (SSSR count). The molecule has 1 aliphatic heterocycles. The molecule has 1 unspecified atom stereocenters. The van der Waals surface area contributed by atoms with Gasteiger partial charge in [-0.1, -0.05) is 0 Å². The molecule has 130 valence electrons. The number of rotatable bonds is 4. The maximum atomic E-state index is 12.7. The number of likely N-dealkylation sites (tertiary alicyclic amines) is 1. The van der Waals surface area contributed by atoms with E-state index in [0.29, 0.717) is 29.0 Å². The van der Waals surface area contributed by atoms with Gasteiger partial charge in [-0.05, 0) is 25.2 Å². The predicted molar refractivity (Wildman–Crippen MR) is 95.2 cm³/mol. The molecule has 2 aromatic rings. The Balaban J connectivity index is 1.49. The monoisotopic (exact) mass is 357 g/mol. The molecule has 1 saturated carbocycles. The van der Waals surface area contributed by atoms with Crippen molar-refractivity contribution in [2.75, 3.05) is 25.1 Å². The third-order valence-electron chi connectivity index (χ3n) is 5.05. The van der Waals surface area contributed by atoms with Gasteiger partial charge >= 0.3 is 0 Å². The number of aromatic nitrogens is 3. The number of nitrogens with zero attached hydrogens (tertiary/aromatic N) is 4. The largest absolute Gasteiger partial charge is 0.347 e. The van der Waals surface area contributed by atoms with Gasteiger partial charge in [-0.3, -0.25) is 14.6 Å². The number of hydrogen-bond acceptors (Lipinski definition) is 6. The van der Waals surface area contributed by atoms with E-state index >= 15 is 0 Å². The van der Waals surface area contributed by atoms with Crippen LogP contribution in [0.3, 0.4) is 0 Å². The molecule has 1 saturated heterocycles. The van der Waals surface area contributed by atoms with Crippen molar-refractivity contribution >= 4 is 34.7 Å². The number of fused-ring (bicyclic) bond motifs is 1. The Kier molecular flexibility index (Phi) is 4.07. The fourth-order valence-electron chi connectivity index (χ4n) is 3.46. The number of carbonyl (C=O) groups excluding carboxylic acids is 2. The Hall–Kier alpha value is -2.22. The maximum absolute atomic E-state index is 12.7. The van der Waals surface area contributed by atoms with Crippen LogP contribution >= 0.6 is 11.8 Å². The number of nitrogens with one attached hydrogen (secondary N) is 1. The molecule has 1 N–H and O–H groups in total. The lowest BCUT2D eigenvalue weighted by Crippen LogP contribution is -2.42. The quantitative estimate of drug-likeness (QED) is 0.882. The smallest absolute Gasteiger partial charge is 0.253 e. The highest BCUT2D eigenvalue weighted by Gasteiger charge is 2.56. The minimum Gasteiger partial charge on any atom is -0.347 e. The topological polar surface area (TPSA) is 88.1 Å². The standard InChI is InChI=1S/C17H19N5O2S/c1-25-9-14(23)22-8-13(17(10-22)2-3-17)21-16(24)11-6-12-15(20-7-11)19-5-4-18-12/h4-7,13H,2-3,8-10H2,1H3,(H,21,24). The van der Waals surface area contributed by atoms with Gasteiger partial charge in [0, 0.05) is 37.1 Å². The van der Waals surface area contributed by atoms with Crippen LogP contribution in [0.15, 0.2) is 24.7 Å². The van der Waals surface area contributed by atoms with Crippen molar-refractivity contribution in [3.63, 3.8) is 0 Å². The minimum absolute atomic E-state index is 0.00311. The second-order valence-corrected chi connectivity index (χ2v) is 7.58. The van der Waals surface area contributed by atoms with Gasteiger partial charge in [0.05, 0.1) is 17.4 Å².